The van der Waals surface area contributed by atoms with Gasteiger partial charge in [-0.2, -0.15) is 0 Å². The zero-order valence-corrected chi connectivity index (χ0v) is 9.38. The summed E-state index contributed by atoms with van der Waals surface area (Å²) in [6, 6.07) is 2.00. The van der Waals surface area contributed by atoms with Gasteiger partial charge < -0.3 is 5.73 Å². The van der Waals surface area contributed by atoms with Gasteiger partial charge in [0, 0.05) is 35.0 Å². The number of hydrogen-bond acceptors (Lipinski definition) is 3. The quantitative estimate of drug-likeness (QED) is 0.809. The second-order valence-electron chi connectivity index (χ2n) is 3.60. The molecule has 0 aliphatic rings. The fraction of sp³-hybridized carbons (Fsp3) is 0.500. The van der Waals surface area contributed by atoms with Gasteiger partial charge in [0.05, 0.1) is 5.75 Å². The highest BCUT2D eigenvalue weighted by Gasteiger charge is 2.04. The normalized spacial score (nSPS) is 15.1. The summed E-state index contributed by atoms with van der Waals surface area (Å²) in [5.74, 6) is 1.10. The molecule has 1 heterocycles. The van der Waals surface area contributed by atoms with Crippen molar-refractivity contribution < 1.29 is 4.21 Å². The second-order valence-corrected chi connectivity index (χ2v) is 5.10. The van der Waals surface area contributed by atoms with E-state index < -0.39 is 10.8 Å². The van der Waals surface area contributed by atoms with Crippen molar-refractivity contribution in [3.05, 3.63) is 29.6 Å². The molecule has 2 N–H and O–H groups in total. The molecule has 1 rings (SSSR count). The van der Waals surface area contributed by atoms with E-state index in [1.165, 1.54) is 0 Å². The highest BCUT2D eigenvalue weighted by molar-refractivity contribution is 7.84. The number of hydrogen-bond donors (Lipinski definition) is 1. The number of nitrogens with two attached hydrogens (primary N) is 1. The van der Waals surface area contributed by atoms with Crippen LogP contribution in [0.25, 0.3) is 0 Å². The van der Waals surface area contributed by atoms with Crippen molar-refractivity contribution in [1.29, 1.82) is 0 Å². The minimum absolute atomic E-state index is 0.00592. The van der Waals surface area contributed by atoms with Crippen LogP contribution in [0.1, 0.15) is 18.1 Å². The monoisotopic (exact) mass is 212 g/mol. The summed E-state index contributed by atoms with van der Waals surface area (Å²) in [6.45, 7) is 3.84. The van der Waals surface area contributed by atoms with E-state index in [1.54, 1.807) is 12.4 Å². The zero-order valence-electron chi connectivity index (χ0n) is 8.56. The van der Waals surface area contributed by atoms with Crippen LogP contribution in [-0.4, -0.2) is 21.0 Å². The van der Waals surface area contributed by atoms with Crippen molar-refractivity contribution in [2.24, 2.45) is 5.73 Å². The molecule has 0 bridgehead atoms. The molecule has 0 saturated carbocycles. The number of aromatic nitrogens is 1. The van der Waals surface area contributed by atoms with Crippen LogP contribution in [0.3, 0.4) is 0 Å². The molecule has 0 aliphatic carbocycles. The Labute approximate surface area is 87.2 Å². The highest BCUT2D eigenvalue weighted by Crippen LogP contribution is 2.05. The Morgan fingerprint density at radius 3 is 2.86 bits per heavy atom. The van der Waals surface area contributed by atoms with Crippen molar-refractivity contribution in [3.63, 3.8) is 0 Å². The second kappa shape index (κ2) is 5.22. The average molecular weight is 212 g/mol. The fourth-order valence-electron chi connectivity index (χ4n) is 1.23. The van der Waals surface area contributed by atoms with Crippen LogP contribution in [0.15, 0.2) is 18.5 Å². The van der Waals surface area contributed by atoms with Crippen LogP contribution >= 0.6 is 0 Å². The third-order valence-electron chi connectivity index (χ3n) is 1.71. The molecule has 0 spiro atoms. The Morgan fingerprint density at radius 2 is 2.29 bits per heavy atom. The number of nitrogens with zero attached hydrogens (tertiary/aromatic N) is 1. The zero-order chi connectivity index (χ0) is 10.6. The van der Waals surface area contributed by atoms with Crippen molar-refractivity contribution in [1.82, 2.24) is 4.98 Å². The average Bonchev–Trinajstić information content (AvgIpc) is 2.01. The van der Waals surface area contributed by atoms with Crippen LogP contribution in [0.4, 0.5) is 0 Å². The SMILES string of the molecule is Cc1cncc(CS(=O)CC(C)N)c1. The topological polar surface area (TPSA) is 56.0 Å². The van der Waals surface area contributed by atoms with Crippen LogP contribution in [0.2, 0.25) is 0 Å². The molecule has 0 saturated heterocycles. The van der Waals surface area contributed by atoms with Crippen molar-refractivity contribution >= 4 is 10.8 Å². The molecule has 78 valence electrons. The van der Waals surface area contributed by atoms with Gasteiger partial charge in [-0.25, -0.2) is 0 Å². The van der Waals surface area contributed by atoms with Crippen LogP contribution in [0, 0.1) is 6.92 Å². The summed E-state index contributed by atoms with van der Waals surface area (Å²) in [6.07, 6.45) is 3.55. The molecule has 4 heteroatoms. The number of aryl methyl sites for hydroxylation is 1. The molecule has 2 atom stereocenters. The van der Waals surface area contributed by atoms with E-state index in [0.717, 1.165) is 11.1 Å². The lowest BCUT2D eigenvalue weighted by atomic mass is 10.2. The summed E-state index contributed by atoms with van der Waals surface area (Å²) >= 11 is 0. The first kappa shape index (κ1) is 11.3. The molecule has 3 nitrogen and oxygen atoms in total. The van der Waals surface area contributed by atoms with Crippen molar-refractivity contribution in [2.75, 3.05) is 5.75 Å². The minimum Gasteiger partial charge on any atom is -0.327 e. The first-order chi connectivity index (χ1) is 6.58. The molecular formula is C10H16N2OS. The predicted octanol–water partition coefficient (Wildman–Crippen LogP) is 0.986. The first-order valence-electron chi connectivity index (χ1n) is 4.59. The van der Waals surface area contributed by atoms with Gasteiger partial charge in [-0.1, -0.05) is 6.07 Å². The third kappa shape index (κ3) is 3.98. The van der Waals surface area contributed by atoms with E-state index in [0.29, 0.717) is 11.5 Å². The third-order valence-corrected chi connectivity index (χ3v) is 3.26. The standard InChI is InChI=1S/C10H16N2OS/c1-8-3-10(5-12-4-8)7-14(13)6-9(2)11/h3-5,9H,6-7,11H2,1-2H3. The molecule has 1 aromatic heterocycles. The molecule has 14 heavy (non-hydrogen) atoms. The molecule has 0 aromatic carbocycles. The maximum absolute atomic E-state index is 11.5. The van der Waals surface area contributed by atoms with Crippen molar-refractivity contribution in [3.8, 4) is 0 Å². The van der Waals surface area contributed by atoms with Gasteiger partial charge >= 0.3 is 0 Å². The smallest absolute Gasteiger partial charge is 0.0501 e. The van der Waals surface area contributed by atoms with Crippen LogP contribution in [-0.2, 0) is 16.6 Å². The van der Waals surface area contributed by atoms with E-state index >= 15 is 0 Å². The van der Waals surface area contributed by atoms with Gasteiger partial charge in [-0.15, -0.1) is 0 Å². The van der Waals surface area contributed by atoms with Crippen molar-refractivity contribution in [2.45, 2.75) is 25.6 Å². The Bertz CT molecular complexity index is 326. The summed E-state index contributed by atoms with van der Waals surface area (Å²) in [5.41, 5.74) is 7.68. The van der Waals surface area contributed by atoms with E-state index in [9.17, 15) is 4.21 Å². The fourth-order valence-corrected chi connectivity index (χ4v) is 2.47. The lowest BCUT2D eigenvalue weighted by Crippen LogP contribution is -2.23. The summed E-state index contributed by atoms with van der Waals surface area (Å²) in [4.78, 5) is 4.05. The molecule has 0 fully saturated rings. The summed E-state index contributed by atoms with van der Waals surface area (Å²) in [7, 11) is -0.874. The Balaban J connectivity index is 2.56. The minimum atomic E-state index is -0.874. The van der Waals surface area contributed by atoms with E-state index in [-0.39, 0.29) is 6.04 Å². The maximum Gasteiger partial charge on any atom is 0.0501 e. The van der Waals surface area contributed by atoms with Gasteiger partial charge in [-0.05, 0) is 25.0 Å². The van der Waals surface area contributed by atoms with E-state index in [4.69, 9.17) is 5.73 Å². The highest BCUT2D eigenvalue weighted by atomic mass is 32.2. The van der Waals surface area contributed by atoms with Crippen LogP contribution < -0.4 is 5.73 Å². The number of rotatable bonds is 4. The van der Waals surface area contributed by atoms with Gasteiger partial charge in [0.1, 0.15) is 0 Å². The first-order valence-corrected chi connectivity index (χ1v) is 6.08. The Kier molecular flexibility index (Phi) is 4.22. The van der Waals surface area contributed by atoms with Crippen LogP contribution in [0.5, 0.6) is 0 Å². The molecule has 0 amide bonds. The summed E-state index contributed by atoms with van der Waals surface area (Å²) < 4.78 is 11.5. The Morgan fingerprint density at radius 1 is 1.57 bits per heavy atom. The molecular weight excluding hydrogens is 196 g/mol. The summed E-state index contributed by atoms with van der Waals surface area (Å²) in [5, 5.41) is 0. The predicted molar refractivity (Wildman–Crippen MR) is 59.3 cm³/mol. The maximum atomic E-state index is 11.5. The van der Waals surface area contributed by atoms with E-state index in [1.807, 2.05) is 19.9 Å². The lowest BCUT2D eigenvalue weighted by molar-refractivity contribution is 0.676. The van der Waals surface area contributed by atoms with Gasteiger partial charge in [0.15, 0.2) is 0 Å². The van der Waals surface area contributed by atoms with E-state index in [2.05, 4.69) is 4.98 Å². The molecule has 0 radical (unpaired) electrons. The van der Waals surface area contributed by atoms with Gasteiger partial charge in [0.2, 0.25) is 0 Å². The molecule has 2 unspecified atom stereocenters. The largest absolute Gasteiger partial charge is 0.327 e. The lowest BCUT2D eigenvalue weighted by Gasteiger charge is -2.05. The molecule has 1 aromatic rings. The Hall–Kier alpha value is -0.740. The van der Waals surface area contributed by atoms with Gasteiger partial charge in [0.25, 0.3) is 0 Å². The molecule has 0 aliphatic heterocycles. The number of pyridine rings is 1. The van der Waals surface area contributed by atoms with Gasteiger partial charge in [-0.3, -0.25) is 9.19 Å².